The first-order valence-electron chi connectivity index (χ1n) is 11.2. The molecule has 154 valence electrons. The molecule has 0 aliphatic carbocycles. The molecule has 0 spiro atoms. The van der Waals surface area contributed by atoms with E-state index in [1.54, 1.807) is 0 Å². The van der Waals surface area contributed by atoms with Crippen molar-refractivity contribution in [2.75, 3.05) is 13.2 Å². The maximum absolute atomic E-state index is 6.03. The molecule has 2 aromatic rings. The Morgan fingerprint density at radius 1 is 0.643 bits per heavy atom. The van der Waals surface area contributed by atoms with Crippen LogP contribution in [0.1, 0.15) is 83.8 Å². The van der Waals surface area contributed by atoms with Crippen molar-refractivity contribution in [1.82, 2.24) is 0 Å². The first-order chi connectivity index (χ1) is 13.7. The molecule has 0 bridgehead atoms. The predicted octanol–water partition coefficient (Wildman–Crippen LogP) is 7.97. The van der Waals surface area contributed by atoms with Crippen LogP contribution in [-0.2, 0) is 4.74 Å². The summed E-state index contributed by atoms with van der Waals surface area (Å²) in [7, 11) is 0. The van der Waals surface area contributed by atoms with Gasteiger partial charge in [-0.1, -0.05) is 88.8 Å². The molecule has 2 aromatic carbocycles. The Kier molecular flexibility index (Phi) is 10.8. The van der Waals surface area contributed by atoms with Crippen molar-refractivity contribution < 1.29 is 9.47 Å². The molecule has 0 saturated carbocycles. The van der Waals surface area contributed by atoms with E-state index in [-0.39, 0.29) is 6.10 Å². The molecule has 2 rings (SSSR count). The van der Waals surface area contributed by atoms with Gasteiger partial charge < -0.3 is 9.47 Å². The molecule has 28 heavy (non-hydrogen) atoms. The van der Waals surface area contributed by atoms with E-state index in [1.165, 1.54) is 55.2 Å². The summed E-state index contributed by atoms with van der Waals surface area (Å²) in [5, 5.41) is 0. The average molecular weight is 383 g/mol. The molecule has 0 fully saturated rings. The Morgan fingerprint density at radius 3 is 1.86 bits per heavy atom. The van der Waals surface area contributed by atoms with Gasteiger partial charge in [0.2, 0.25) is 0 Å². The van der Waals surface area contributed by atoms with Crippen LogP contribution in [0.15, 0.2) is 48.5 Å². The van der Waals surface area contributed by atoms with E-state index >= 15 is 0 Å². The number of ether oxygens (including phenoxy) is 2. The summed E-state index contributed by atoms with van der Waals surface area (Å²) in [5.41, 5.74) is 3.69. The second-order valence-corrected chi connectivity index (χ2v) is 7.63. The Morgan fingerprint density at radius 2 is 1.21 bits per heavy atom. The SMILES string of the molecule is CCCCCCCCOC(C)c1ccc(-c2ccc(OCCCC)cc2)cc1. The lowest BCUT2D eigenvalue weighted by atomic mass is 10.0. The fourth-order valence-corrected chi connectivity index (χ4v) is 3.26. The van der Waals surface area contributed by atoms with Crippen molar-refractivity contribution in [2.45, 2.75) is 78.2 Å². The first kappa shape index (κ1) is 22.5. The molecule has 1 atom stereocenters. The third kappa shape index (κ3) is 8.06. The highest BCUT2D eigenvalue weighted by molar-refractivity contribution is 5.64. The lowest BCUT2D eigenvalue weighted by molar-refractivity contribution is 0.0627. The molecule has 0 N–H and O–H groups in total. The number of hydrogen-bond donors (Lipinski definition) is 0. The molecule has 0 saturated heterocycles. The van der Waals surface area contributed by atoms with Crippen LogP contribution in [-0.4, -0.2) is 13.2 Å². The molecule has 0 aliphatic heterocycles. The number of benzene rings is 2. The molecule has 2 nitrogen and oxygen atoms in total. The summed E-state index contributed by atoms with van der Waals surface area (Å²) in [4.78, 5) is 0. The Labute approximate surface area is 172 Å². The molecule has 0 amide bonds. The topological polar surface area (TPSA) is 18.5 Å². The zero-order valence-electron chi connectivity index (χ0n) is 18.1. The van der Waals surface area contributed by atoms with Gasteiger partial charge in [-0.25, -0.2) is 0 Å². The number of hydrogen-bond acceptors (Lipinski definition) is 2. The van der Waals surface area contributed by atoms with Crippen LogP contribution in [0.4, 0.5) is 0 Å². The molecular formula is C26H38O2. The average Bonchev–Trinajstić information content (AvgIpc) is 2.74. The van der Waals surface area contributed by atoms with E-state index in [2.05, 4.69) is 69.3 Å². The van der Waals surface area contributed by atoms with Crippen LogP contribution >= 0.6 is 0 Å². The third-order valence-corrected chi connectivity index (χ3v) is 5.20. The normalized spacial score (nSPS) is 12.1. The van der Waals surface area contributed by atoms with Gasteiger partial charge in [-0.15, -0.1) is 0 Å². The van der Waals surface area contributed by atoms with Crippen LogP contribution in [0.3, 0.4) is 0 Å². The zero-order chi connectivity index (χ0) is 20.0. The maximum Gasteiger partial charge on any atom is 0.119 e. The number of rotatable bonds is 14. The molecule has 1 unspecified atom stereocenters. The largest absolute Gasteiger partial charge is 0.494 e. The van der Waals surface area contributed by atoms with Crippen LogP contribution in [0.2, 0.25) is 0 Å². The second kappa shape index (κ2) is 13.4. The Hall–Kier alpha value is -1.80. The smallest absolute Gasteiger partial charge is 0.119 e. The fraction of sp³-hybridized carbons (Fsp3) is 0.538. The molecule has 0 heterocycles. The van der Waals surface area contributed by atoms with E-state index in [1.807, 2.05) is 0 Å². The number of unbranched alkanes of at least 4 members (excludes halogenated alkanes) is 6. The minimum atomic E-state index is 0.152. The van der Waals surface area contributed by atoms with Crippen molar-refractivity contribution in [3.63, 3.8) is 0 Å². The van der Waals surface area contributed by atoms with Gasteiger partial charge in [0, 0.05) is 6.61 Å². The first-order valence-corrected chi connectivity index (χ1v) is 11.2. The molecule has 2 heteroatoms. The van der Waals surface area contributed by atoms with Gasteiger partial charge in [0.25, 0.3) is 0 Å². The van der Waals surface area contributed by atoms with Crippen LogP contribution < -0.4 is 4.74 Å². The van der Waals surface area contributed by atoms with Gasteiger partial charge in [0.1, 0.15) is 5.75 Å². The van der Waals surface area contributed by atoms with E-state index in [0.29, 0.717) is 0 Å². The second-order valence-electron chi connectivity index (χ2n) is 7.63. The molecule has 0 aliphatic rings. The highest BCUT2D eigenvalue weighted by atomic mass is 16.5. The van der Waals surface area contributed by atoms with E-state index in [0.717, 1.165) is 31.8 Å². The zero-order valence-corrected chi connectivity index (χ0v) is 18.1. The summed E-state index contributed by atoms with van der Waals surface area (Å²) in [6, 6.07) is 17.1. The summed E-state index contributed by atoms with van der Waals surface area (Å²) < 4.78 is 11.8. The lowest BCUT2D eigenvalue weighted by Gasteiger charge is -2.14. The quantitative estimate of drug-likeness (QED) is 0.308. The van der Waals surface area contributed by atoms with Gasteiger partial charge in [-0.05, 0) is 48.6 Å². The summed E-state index contributed by atoms with van der Waals surface area (Å²) in [6.07, 6.45) is 10.2. The molecular weight excluding hydrogens is 344 g/mol. The lowest BCUT2D eigenvalue weighted by Crippen LogP contribution is -2.01. The summed E-state index contributed by atoms with van der Waals surface area (Å²) in [5.74, 6) is 0.950. The fourth-order valence-electron chi connectivity index (χ4n) is 3.26. The van der Waals surface area contributed by atoms with Crippen molar-refractivity contribution in [2.24, 2.45) is 0 Å². The summed E-state index contributed by atoms with van der Waals surface area (Å²) >= 11 is 0. The van der Waals surface area contributed by atoms with Crippen molar-refractivity contribution in [1.29, 1.82) is 0 Å². The summed E-state index contributed by atoms with van der Waals surface area (Å²) in [6.45, 7) is 8.23. The van der Waals surface area contributed by atoms with E-state index < -0.39 is 0 Å². The van der Waals surface area contributed by atoms with Crippen LogP contribution in [0.25, 0.3) is 11.1 Å². The standard InChI is InChI=1S/C26H38O2/c1-4-6-8-9-10-11-21-27-22(3)23-12-14-24(15-13-23)25-16-18-26(19-17-25)28-20-7-5-2/h12-19,22H,4-11,20-21H2,1-3H3. The monoisotopic (exact) mass is 382 g/mol. The Bertz CT molecular complexity index is 630. The van der Waals surface area contributed by atoms with Crippen molar-refractivity contribution in [3.05, 3.63) is 54.1 Å². The maximum atomic E-state index is 6.03. The van der Waals surface area contributed by atoms with E-state index in [4.69, 9.17) is 9.47 Å². The van der Waals surface area contributed by atoms with E-state index in [9.17, 15) is 0 Å². The van der Waals surface area contributed by atoms with Crippen molar-refractivity contribution >= 4 is 0 Å². The molecule has 0 radical (unpaired) electrons. The van der Waals surface area contributed by atoms with Gasteiger partial charge in [0.05, 0.1) is 12.7 Å². The van der Waals surface area contributed by atoms with Crippen LogP contribution in [0.5, 0.6) is 5.75 Å². The highest BCUT2D eigenvalue weighted by Crippen LogP contribution is 2.25. The molecule has 0 aromatic heterocycles. The Balaban J connectivity index is 1.77. The van der Waals surface area contributed by atoms with Crippen LogP contribution in [0, 0.1) is 0 Å². The minimum absolute atomic E-state index is 0.152. The van der Waals surface area contributed by atoms with Gasteiger partial charge in [0.15, 0.2) is 0 Å². The third-order valence-electron chi connectivity index (χ3n) is 5.20. The van der Waals surface area contributed by atoms with Gasteiger partial charge in [-0.3, -0.25) is 0 Å². The minimum Gasteiger partial charge on any atom is -0.494 e. The predicted molar refractivity (Wildman–Crippen MR) is 120 cm³/mol. The van der Waals surface area contributed by atoms with Gasteiger partial charge in [-0.2, -0.15) is 0 Å². The van der Waals surface area contributed by atoms with Gasteiger partial charge >= 0.3 is 0 Å². The van der Waals surface area contributed by atoms with Crippen molar-refractivity contribution in [3.8, 4) is 16.9 Å². The highest BCUT2D eigenvalue weighted by Gasteiger charge is 2.06.